The van der Waals surface area contributed by atoms with Gasteiger partial charge in [-0.3, -0.25) is 0 Å². The van der Waals surface area contributed by atoms with Gasteiger partial charge in [0, 0.05) is 12.3 Å². The first kappa shape index (κ1) is 15.8. The number of benzene rings is 1. The Morgan fingerprint density at radius 2 is 2.14 bits per heavy atom. The summed E-state index contributed by atoms with van der Waals surface area (Å²) < 4.78 is 7.00. The second-order valence-corrected chi connectivity index (χ2v) is 5.87. The molecule has 0 aliphatic rings. The van der Waals surface area contributed by atoms with Gasteiger partial charge in [-0.1, -0.05) is 26.0 Å². The van der Waals surface area contributed by atoms with Crippen LogP contribution in [0.5, 0.6) is 0 Å². The van der Waals surface area contributed by atoms with E-state index in [4.69, 9.17) is 16.3 Å². The summed E-state index contributed by atoms with van der Waals surface area (Å²) >= 11 is 5.90. The van der Waals surface area contributed by atoms with Gasteiger partial charge in [-0.15, -0.1) is 11.6 Å². The van der Waals surface area contributed by atoms with Crippen molar-refractivity contribution in [2.45, 2.75) is 33.2 Å². The number of nitrogens with zero attached hydrogens (tertiary/aromatic N) is 2. The lowest BCUT2D eigenvalue weighted by molar-refractivity contribution is -0.145. The van der Waals surface area contributed by atoms with Crippen molar-refractivity contribution in [2.24, 2.45) is 5.92 Å². The SMILES string of the molecule is COC(=O)C(C(C)C)n1c(CCCl)nc2cccc(C)c21. The van der Waals surface area contributed by atoms with Crippen LogP contribution in [-0.4, -0.2) is 28.5 Å². The molecule has 1 aromatic carbocycles. The van der Waals surface area contributed by atoms with Gasteiger partial charge in [0.2, 0.25) is 0 Å². The number of ether oxygens (including phenoxy) is 1. The molecule has 2 rings (SSSR count). The molecule has 1 heterocycles. The molecule has 2 aromatic rings. The summed E-state index contributed by atoms with van der Waals surface area (Å²) in [4.78, 5) is 16.9. The fourth-order valence-corrected chi connectivity index (χ4v) is 2.90. The maximum atomic E-state index is 12.3. The number of esters is 1. The van der Waals surface area contributed by atoms with Crippen molar-refractivity contribution >= 4 is 28.6 Å². The van der Waals surface area contributed by atoms with Crippen LogP contribution in [0.1, 0.15) is 31.3 Å². The van der Waals surface area contributed by atoms with Crippen molar-refractivity contribution in [3.8, 4) is 0 Å². The van der Waals surface area contributed by atoms with Crippen molar-refractivity contribution < 1.29 is 9.53 Å². The number of halogens is 1. The van der Waals surface area contributed by atoms with Gasteiger partial charge in [0.05, 0.1) is 18.1 Å². The van der Waals surface area contributed by atoms with E-state index in [-0.39, 0.29) is 17.9 Å². The molecule has 1 aromatic heterocycles. The normalized spacial score (nSPS) is 12.9. The summed E-state index contributed by atoms with van der Waals surface area (Å²) in [7, 11) is 1.42. The molecule has 0 aliphatic carbocycles. The Bertz CT molecular complexity index is 649. The molecule has 0 fully saturated rings. The summed E-state index contributed by atoms with van der Waals surface area (Å²) in [6.07, 6.45) is 0.621. The summed E-state index contributed by atoms with van der Waals surface area (Å²) in [6.45, 7) is 6.05. The van der Waals surface area contributed by atoms with Gasteiger partial charge >= 0.3 is 5.97 Å². The number of hydrogen-bond acceptors (Lipinski definition) is 3. The van der Waals surface area contributed by atoms with Crippen LogP contribution in [0.4, 0.5) is 0 Å². The van der Waals surface area contributed by atoms with Gasteiger partial charge < -0.3 is 9.30 Å². The quantitative estimate of drug-likeness (QED) is 0.627. The van der Waals surface area contributed by atoms with E-state index in [2.05, 4.69) is 4.98 Å². The first-order valence-corrected chi connectivity index (χ1v) is 7.65. The molecule has 0 aliphatic heterocycles. The fourth-order valence-electron chi connectivity index (χ4n) is 2.73. The molecule has 1 unspecified atom stereocenters. The average Bonchev–Trinajstić information content (AvgIpc) is 2.79. The highest BCUT2D eigenvalue weighted by Crippen LogP contribution is 2.29. The molecule has 0 radical (unpaired) electrons. The highest BCUT2D eigenvalue weighted by atomic mass is 35.5. The predicted molar refractivity (Wildman–Crippen MR) is 84.8 cm³/mol. The summed E-state index contributed by atoms with van der Waals surface area (Å²) in [5.74, 6) is 1.15. The third kappa shape index (κ3) is 2.91. The molecule has 0 spiro atoms. The van der Waals surface area contributed by atoms with Gasteiger partial charge in [0.15, 0.2) is 0 Å². The molecule has 4 nitrogen and oxygen atoms in total. The third-order valence-electron chi connectivity index (χ3n) is 3.66. The number of aryl methyl sites for hydroxylation is 2. The Labute approximate surface area is 130 Å². The lowest BCUT2D eigenvalue weighted by Gasteiger charge is -2.23. The maximum Gasteiger partial charge on any atom is 0.329 e. The smallest absolute Gasteiger partial charge is 0.329 e. The minimum absolute atomic E-state index is 0.100. The summed E-state index contributed by atoms with van der Waals surface area (Å²) in [6, 6.07) is 5.58. The lowest BCUT2D eigenvalue weighted by atomic mass is 10.0. The summed E-state index contributed by atoms with van der Waals surface area (Å²) in [5.41, 5.74) is 2.97. The average molecular weight is 309 g/mol. The van der Waals surface area contributed by atoms with Crippen LogP contribution in [0.15, 0.2) is 18.2 Å². The second kappa shape index (κ2) is 6.48. The van der Waals surface area contributed by atoms with E-state index in [0.29, 0.717) is 12.3 Å². The van der Waals surface area contributed by atoms with E-state index >= 15 is 0 Å². The molecule has 0 amide bonds. The lowest BCUT2D eigenvalue weighted by Crippen LogP contribution is -2.27. The molecule has 0 saturated carbocycles. The van der Waals surface area contributed by atoms with E-state index < -0.39 is 0 Å². The number of methoxy groups -OCH3 is 1. The molecule has 114 valence electrons. The molecule has 0 N–H and O–H groups in total. The largest absolute Gasteiger partial charge is 0.467 e. The van der Waals surface area contributed by atoms with Crippen LogP contribution in [0.3, 0.4) is 0 Å². The van der Waals surface area contributed by atoms with Crippen LogP contribution < -0.4 is 0 Å². The topological polar surface area (TPSA) is 44.1 Å². The van der Waals surface area contributed by atoms with Crippen LogP contribution in [-0.2, 0) is 16.0 Å². The van der Waals surface area contributed by atoms with Crippen molar-refractivity contribution in [1.29, 1.82) is 0 Å². The number of fused-ring (bicyclic) bond motifs is 1. The Morgan fingerprint density at radius 1 is 1.43 bits per heavy atom. The Balaban J connectivity index is 2.73. The van der Waals surface area contributed by atoms with Crippen molar-refractivity contribution in [2.75, 3.05) is 13.0 Å². The zero-order chi connectivity index (χ0) is 15.6. The predicted octanol–water partition coefficient (Wildman–Crippen LogP) is 3.50. The first-order chi connectivity index (χ1) is 10.0. The number of alkyl halides is 1. The molecular formula is C16H21ClN2O2. The molecule has 0 saturated heterocycles. The zero-order valence-electron chi connectivity index (χ0n) is 12.9. The van der Waals surface area contributed by atoms with E-state index in [9.17, 15) is 4.79 Å². The Kier molecular flexibility index (Phi) is 4.88. The highest BCUT2D eigenvalue weighted by Gasteiger charge is 2.29. The van der Waals surface area contributed by atoms with E-state index in [1.165, 1.54) is 7.11 Å². The number of rotatable bonds is 5. The minimum Gasteiger partial charge on any atom is -0.467 e. The van der Waals surface area contributed by atoms with Gasteiger partial charge in [-0.25, -0.2) is 9.78 Å². The van der Waals surface area contributed by atoms with Gasteiger partial charge in [0.25, 0.3) is 0 Å². The molecule has 5 heteroatoms. The number of carbonyl (C=O) groups excluding carboxylic acids is 1. The van der Waals surface area contributed by atoms with Crippen LogP contribution >= 0.6 is 11.6 Å². The van der Waals surface area contributed by atoms with Gasteiger partial charge in [-0.2, -0.15) is 0 Å². The van der Waals surface area contributed by atoms with Gasteiger partial charge in [0.1, 0.15) is 11.9 Å². The van der Waals surface area contributed by atoms with Crippen LogP contribution in [0.2, 0.25) is 0 Å². The van der Waals surface area contributed by atoms with Crippen LogP contribution in [0, 0.1) is 12.8 Å². The van der Waals surface area contributed by atoms with Crippen molar-refractivity contribution in [1.82, 2.24) is 9.55 Å². The molecular weight excluding hydrogens is 288 g/mol. The molecule has 0 bridgehead atoms. The van der Waals surface area contributed by atoms with E-state index in [1.807, 2.05) is 43.5 Å². The summed E-state index contributed by atoms with van der Waals surface area (Å²) in [5, 5.41) is 0. The van der Waals surface area contributed by atoms with Crippen LogP contribution in [0.25, 0.3) is 11.0 Å². The number of hydrogen-bond donors (Lipinski definition) is 0. The highest BCUT2D eigenvalue weighted by molar-refractivity contribution is 6.17. The van der Waals surface area contributed by atoms with E-state index in [1.54, 1.807) is 0 Å². The number of imidazole rings is 1. The zero-order valence-corrected chi connectivity index (χ0v) is 13.6. The van der Waals surface area contributed by atoms with E-state index in [0.717, 1.165) is 22.4 Å². The Hall–Kier alpha value is -1.55. The minimum atomic E-state index is -0.390. The third-order valence-corrected chi connectivity index (χ3v) is 3.84. The number of carbonyl (C=O) groups is 1. The molecule has 21 heavy (non-hydrogen) atoms. The van der Waals surface area contributed by atoms with Crippen molar-refractivity contribution in [3.63, 3.8) is 0 Å². The molecule has 1 atom stereocenters. The fraction of sp³-hybridized carbons (Fsp3) is 0.500. The van der Waals surface area contributed by atoms with Gasteiger partial charge in [-0.05, 0) is 24.5 Å². The Morgan fingerprint density at radius 3 is 2.71 bits per heavy atom. The monoisotopic (exact) mass is 308 g/mol. The van der Waals surface area contributed by atoms with Crippen molar-refractivity contribution in [3.05, 3.63) is 29.6 Å². The first-order valence-electron chi connectivity index (χ1n) is 7.11. The standard InChI is InChI=1S/C16H21ClN2O2/c1-10(2)14(16(20)21-4)19-13(8-9-17)18-12-7-5-6-11(3)15(12)19/h5-7,10,14H,8-9H2,1-4H3. The number of para-hydroxylation sites is 1. The number of aromatic nitrogens is 2. The maximum absolute atomic E-state index is 12.3. The second-order valence-electron chi connectivity index (χ2n) is 5.49.